The van der Waals surface area contributed by atoms with Crippen molar-refractivity contribution >= 4 is 11.6 Å². The van der Waals surface area contributed by atoms with Crippen molar-refractivity contribution in [3.05, 3.63) is 0 Å². The quantitative estimate of drug-likeness (QED) is 0.536. The van der Waals surface area contributed by atoms with Crippen LogP contribution in [-0.2, 0) is 9.59 Å². The van der Waals surface area contributed by atoms with Gasteiger partial charge in [0.05, 0.1) is 42.3 Å². The summed E-state index contributed by atoms with van der Waals surface area (Å²) in [7, 11) is 11.0. The lowest BCUT2D eigenvalue weighted by atomic mass is 10.0. The van der Waals surface area contributed by atoms with Gasteiger partial charge in [0.15, 0.2) is 23.7 Å². The van der Waals surface area contributed by atoms with Crippen molar-refractivity contribution in [1.29, 1.82) is 0 Å². The van der Waals surface area contributed by atoms with Gasteiger partial charge in [0, 0.05) is 12.8 Å². The van der Waals surface area contributed by atoms with Gasteiger partial charge in [-0.25, -0.2) is 0 Å². The number of carbonyl (C=O) groups is 2. The van der Waals surface area contributed by atoms with Gasteiger partial charge in [0.2, 0.25) is 0 Å². The maximum Gasteiger partial charge on any atom is 0.192 e. The maximum atomic E-state index is 12.1. The lowest BCUT2D eigenvalue weighted by Gasteiger charge is -2.33. The van der Waals surface area contributed by atoms with Crippen LogP contribution in [0.15, 0.2) is 0 Å². The van der Waals surface area contributed by atoms with Crippen molar-refractivity contribution < 1.29 is 28.8 Å². The van der Waals surface area contributed by atoms with Crippen LogP contribution in [0, 0.1) is 0 Å². The Balaban J connectivity index is 4.62. The molecule has 2 N–H and O–H groups in total. The molecule has 0 aromatic heterocycles. The van der Waals surface area contributed by atoms with Crippen molar-refractivity contribution in [2.45, 2.75) is 24.9 Å². The Morgan fingerprint density at radius 2 is 1.00 bits per heavy atom. The minimum atomic E-state index is -0.514. The Morgan fingerprint density at radius 3 is 1.15 bits per heavy atom. The van der Waals surface area contributed by atoms with Crippen LogP contribution >= 0.6 is 0 Å². The van der Waals surface area contributed by atoms with Crippen molar-refractivity contribution in [2.24, 2.45) is 0 Å². The van der Waals surface area contributed by atoms with Gasteiger partial charge >= 0.3 is 0 Å². The highest BCUT2D eigenvalue weighted by atomic mass is 16.3. The Hall–Kier alpha value is -0.820. The van der Waals surface area contributed by atoms with Crippen molar-refractivity contribution in [3.8, 4) is 0 Å². The number of aliphatic hydroxyl groups is 2. The Kier molecular flexibility index (Phi) is 6.97. The molecule has 0 aliphatic rings. The zero-order valence-corrected chi connectivity index (χ0v) is 13.6. The highest BCUT2D eigenvalue weighted by Crippen LogP contribution is 2.11. The highest BCUT2D eigenvalue weighted by Gasteiger charge is 2.34. The van der Waals surface area contributed by atoms with Crippen LogP contribution in [0.2, 0.25) is 0 Å². The number of nitrogens with zero attached hydrogens (tertiary/aromatic N) is 2. The third kappa shape index (κ3) is 5.66. The minimum Gasteiger partial charge on any atom is -0.390 e. The van der Waals surface area contributed by atoms with Gasteiger partial charge in [0.1, 0.15) is 13.2 Å². The highest BCUT2D eigenvalue weighted by molar-refractivity contribution is 5.90. The van der Waals surface area contributed by atoms with Crippen LogP contribution < -0.4 is 0 Å². The zero-order valence-electron chi connectivity index (χ0n) is 13.6. The number of hydrogen-bond acceptors (Lipinski definition) is 4. The summed E-state index contributed by atoms with van der Waals surface area (Å²) in [5, 5.41) is 18.6. The molecule has 0 bridgehead atoms. The van der Waals surface area contributed by atoms with Gasteiger partial charge in [-0.15, -0.1) is 0 Å². The molecule has 0 fully saturated rings. The summed E-state index contributed by atoms with van der Waals surface area (Å²) in [5.41, 5.74) is 0. The SMILES string of the molecule is C[N+](C)(C)C(CO)C(=O)CCC(=O)C(CO)[N+](C)(C)C. The first-order valence-electron chi connectivity index (χ1n) is 6.84. The van der Waals surface area contributed by atoms with Crippen LogP contribution in [0.4, 0.5) is 0 Å². The monoisotopic (exact) mass is 290 g/mol. The molecular weight excluding hydrogens is 260 g/mol. The van der Waals surface area contributed by atoms with Gasteiger partial charge in [-0.3, -0.25) is 9.59 Å². The van der Waals surface area contributed by atoms with E-state index in [1.807, 2.05) is 42.3 Å². The summed E-state index contributed by atoms with van der Waals surface area (Å²) in [6.07, 6.45) is 0.214. The second kappa shape index (κ2) is 7.26. The Labute approximate surface area is 121 Å². The maximum absolute atomic E-state index is 12.1. The fourth-order valence-electron chi connectivity index (χ4n) is 2.14. The number of aliphatic hydroxyl groups excluding tert-OH is 2. The number of Topliss-reactive ketones (excluding diaryl/α,β-unsaturated/α-hetero) is 2. The molecule has 0 aromatic rings. The molecule has 2 unspecified atom stereocenters. The number of hydrogen-bond donors (Lipinski definition) is 2. The van der Waals surface area contributed by atoms with Gasteiger partial charge in [0.25, 0.3) is 0 Å². The van der Waals surface area contributed by atoms with Crippen molar-refractivity contribution in [3.63, 3.8) is 0 Å². The number of likely N-dealkylation sites (N-methyl/N-ethyl adjacent to an activating group) is 2. The van der Waals surface area contributed by atoms with Crippen LogP contribution in [0.5, 0.6) is 0 Å². The molecular formula is C14H30N2O4+2. The fourth-order valence-corrected chi connectivity index (χ4v) is 2.14. The van der Waals surface area contributed by atoms with E-state index in [0.717, 1.165) is 0 Å². The lowest BCUT2D eigenvalue weighted by Crippen LogP contribution is -2.53. The minimum absolute atomic E-state index is 0.107. The van der Waals surface area contributed by atoms with Crippen molar-refractivity contribution in [1.82, 2.24) is 0 Å². The fraction of sp³-hybridized carbons (Fsp3) is 0.857. The Bertz CT molecular complexity index is 308. The summed E-state index contributed by atoms with van der Waals surface area (Å²) in [6.45, 7) is -0.454. The van der Waals surface area contributed by atoms with Gasteiger partial charge in [-0.2, -0.15) is 0 Å². The normalized spacial score (nSPS) is 15.8. The third-order valence-electron chi connectivity index (χ3n) is 3.58. The molecule has 0 amide bonds. The van der Waals surface area contributed by atoms with E-state index in [9.17, 15) is 19.8 Å². The number of quaternary nitrogens is 2. The molecule has 6 heteroatoms. The largest absolute Gasteiger partial charge is 0.390 e. The van der Waals surface area contributed by atoms with E-state index in [1.165, 1.54) is 0 Å². The molecule has 6 nitrogen and oxygen atoms in total. The first kappa shape index (κ1) is 19.2. The van der Waals surface area contributed by atoms with Crippen LogP contribution in [0.3, 0.4) is 0 Å². The van der Waals surface area contributed by atoms with E-state index in [-0.39, 0.29) is 37.6 Å². The van der Waals surface area contributed by atoms with Crippen LogP contribution in [-0.4, -0.2) is 98.3 Å². The molecule has 20 heavy (non-hydrogen) atoms. The first-order chi connectivity index (χ1) is 8.95. The molecule has 2 atom stereocenters. The molecule has 0 rings (SSSR count). The molecule has 0 radical (unpaired) electrons. The predicted molar refractivity (Wildman–Crippen MR) is 77.1 cm³/mol. The molecule has 0 aliphatic carbocycles. The standard InChI is InChI=1S/C14H30N2O4/c1-15(2,3)11(9-17)13(19)7-8-14(20)12(10-18)16(4,5)6/h11-12,17-18H,7-10H2,1-6H3/q+2. The Morgan fingerprint density at radius 1 is 0.750 bits per heavy atom. The lowest BCUT2D eigenvalue weighted by molar-refractivity contribution is -0.887. The molecule has 118 valence electrons. The number of carbonyl (C=O) groups excluding carboxylic acids is 2. The topological polar surface area (TPSA) is 74.6 Å². The van der Waals surface area contributed by atoms with Gasteiger partial charge in [-0.1, -0.05) is 0 Å². The van der Waals surface area contributed by atoms with E-state index in [4.69, 9.17) is 0 Å². The van der Waals surface area contributed by atoms with Gasteiger partial charge in [-0.05, 0) is 0 Å². The summed E-state index contributed by atoms with van der Waals surface area (Å²) < 4.78 is 0.671. The molecule has 0 saturated carbocycles. The van der Waals surface area contributed by atoms with E-state index in [1.54, 1.807) is 0 Å². The predicted octanol–water partition coefficient (Wildman–Crippen LogP) is -0.961. The summed E-state index contributed by atoms with van der Waals surface area (Å²) in [6, 6.07) is -1.03. The van der Waals surface area contributed by atoms with Crippen molar-refractivity contribution in [2.75, 3.05) is 55.5 Å². The molecule has 0 saturated heterocycles. The molecule has 0 aromatic carbocycles. The molecule has 0 spiro atoms. The number of ketones is 2. The van der Waals surface area contributed by atoms with E-state index >= 15 is 0 Å². The molecule has 0 heterocycles. The van der Waals surface area contributed by atoms with E-state index in [0.29, 0.717) is 8.97 Å². The second-order valence-electron chi connectivity index (χ2n) is 7.06. The zero-order chi connectivity index (χ0) is 16.1. The second-order valence-corrected chi connectivity index (χ2v) is 7.06. The average molecular weight is 290 g/mol. The average Bonchev–Trinajstić information content (AvgIpc) is 2.24. The number of rotatable bonds is 9. The summed E-state index contributed by atoms with van der Waals surface area (Å²) >= 11 is 0. The third-order valence-corrected chi connectivity index (χ3v) is 3.58. The molecule has 0 aliphatic heterocycles. The summed E-state index contributed by atoms with van der Waals surface area (Å²) in [5.74, 6) is -0.238. The van der Waals surface area contributed by atoms with Crippen LogP contribution in [0.25, 0.3) is 0 Å². The van der Waals surface area contributed by atoms with Gasteiger partial charge < -0.3 is 19.2 Å². The first-order valence-corrected chi connectivity index (χ1v) is 6.84. The van der Waals surface area contributed by atoms with Crippen LogP contribution in [0.1, 0.15) is 12.8 Å². The summed E-state index contributed by atoms with van der Waals surface area (Å²) in [4.78, 5) is 24.2. The smallest absolute Gasteiger partial charge is 0.192 e. The van der Waals surface area contributed by atoms with E-state index in [2.05, 4.69) is 0 Å². The van der Waals surface area contributed by atoms with E-state index < -0.39 is 12.1 Å².